The minimum Gasteiger partial charge on any atom is -0.497 e. The first-order valence-electron chi connectivity index (χ1n) is 5.96. The summed E-state index contributed by atoms with van der Waals surface area (Å²) in [5.74, 6) is 1.15. The predicted octanol–water partition coefficient (Wildman–Crippen LogP) is 1.97. The second kappa shape index (κ2) is 4.61. The SMILES string of the molecule is COc1cc(C)c(C(=O)C2(CO)CC2)c(OC)c1. The summed E-state index contributed by atoms with van der Waals surface area (Å²) in [6.45, 7) is 1.76. The van der Waals surface area contributed by atoms with Crippen LogP contribution in [-0.4, -0.2) is 31.7 Å². The Morgan fingerprint density at radius 3 is 2.44 bits per heavy atom. The third-order valence-electron chi connectivity index (χ3n) is 3.59. The molecule has 1 aromatic rings. The maximum absolute atomic E-state index is 12.5. The Morgan fingerprint density at radius 2 is 2.00 bits per heavy atom. The average Bonchev–Trinajstić information content (AvgIpc) is 3.17. The van der Waals surface area contributed by atoms with E-state index >= 15 is 0 Å². The molecule has 4 heteroatoms. The maximum Gasteiger partial charge on any atom is 0.175 e. The second-order valence-electron chi connectivity index (χ2n) is 4.79. The van der Waals surface area contributed by atoms with Gasteiger partial charge in [-0.1, -0.05) is 0 Å². The van der Waals surface area contributed by atoms with Crippen molar-refractivity contribution >= 4 is 5.78 Å². The summed E-state index contributed by atoms with van der Waals surface area (Å²) in [4.78, 5) is 12.5. The molecule has 0 unspecified atom stereocenters. The Balaban J connectivity index is 2.47. The van der Waals surface area contributed by atoms with Crippen molar-refractivity contribution in [2.75, 3.05) is 20.8 Å². The Kier molecular flexibility index (Phi) is 3.30. The molecule has 0 amide bonds. The smallest absolute Gasteiger partial charge is 0.175 e. The molecule has 2 rings (SSSR count). The number of ether oxygens (including phenoxy) is 2. The number of aliphatic hydroxyl groups is 1. The van der Waals surface area contributed by atoms with Crippen molar-refractivity contribution in [3.63, 3.8) is 0 Å². The summed E-state index contributed by atoms with van der Waals surface area (Å²) < 4.78 is 10.4. The van der Waals surface area contributed by atoms with E-state index in [9.17, 15) is 9.90 Å². The van der Waals surface area contributed by atoms with Crippen LogP contribution in [0, 0.1) is 12.3 Å². The summed E-state index contributed by atoms with van der Waals surface area (Å²) in [6, 6.07) is 3.51. The monoisotopic (exact) mass is 250 g/mol. The van der Waals surface area contributed by atoms with Gasteiger partial charge >= 0.3 is 0 Å². The molecule has 98 valence electrons. The van der Waals surface area contributed by atoms with E-state index in [2.05, 4.69) is 0 Å². The highest BCUT2D eigenvalue weighted by molar-refractivity contribution is 6.05. The number of hydrogen-bond donors (Lipinski definition) is 1. The van der Waals surface area contributed by atoms with Crippen molar-refractivity contribution in [3.05, 3.63) is 23.3 Å². The van der Waals surface area contributed by atoms with Crippen LogP contribution < -0.4 is 9.47 Å². The lowest BCUT2D eigenvalue weighted by Crippen LogP contribution is -2.21. The molecule has 1 N–H and O–H groups in total. The van der Waals surface area contributed by atoms with Crippen LogP contribution in [-0.2, 0) is 0 Å². The average molecular weight is 250 g/mol. The van der Waals surface area contributed by atoms with Gasteiger partial charge in [-0.3, -0.25) is 4.79 Å². The van der Waals surface area contributed by atoms with Gasteiger partial charge < -0.3 is 14.6 Å². The van der Waals surface area contributed by atoms with Crippen LogP contribution in [0.15, 0.2) is 12.1 Å². The molecule has 4 nitrogen and oxygen atoms in total. The molecular formula is C14H18O4. The van der Waals surface area contributed by atoms with Gasteiger partial charge in [-0.25, -0.2) is 0 Å². The quantitative estimate of drug-likeness (QED) is 0.812. The predicted molar refractivity (Wildman–Crippen MR) is 67.4 cm³/mol. The molecule has 0 heterocycles. The Hall–Kier alpha value is -1.55. The number of carbonyl (C=O) groups excluding carboxylic acids is 1. The summed E-state index contributed by atoms with van der Waals surface area (Å²) in [7, 11) is 3.11. The first kappa shape index (κ1) is 12.9. The minimum absolute atomic E-state index is 0.0259. The first-order valence-corrected chi connectivity index (χ1v) is 5.96. The lowest BCUT2D eigenvalue weighted by atomic mass is 9.91. The molecule has 1 aromatic carbocycles. The summed E-state index contributed by atoms with van der Waals surface area (Å²) in [6.07, 6.45) is 1.49. The molecule has 0 atom stereocenters. The van der Waals surface area contributed by atoms with Gasteiger partial charge in [0.15, 0.2) is 5.78 Å². The molecule has 1 fully saturated rings. The zero-order valence-electron chi connectivity index (χ0n) is 10.9. The van der Waals surface area contributed by atoms with E-state index in [1.807, 2.05) is 13.0 Å². The first-order chi connectivity index (χ1) is 8.57. The van der Waals surface area contributed by atoms with E-state index in [1.54, 1.807) is 13.2 Å². The van der Waals surface area contributed by atoms with Crippen LogP contribution in [0.3, 0.4) is 0 Å². The largest absolute Gasteiger partial charge is 0.497 e. The van der Waals surface area contributed by atoms with E-state index in [1.165, 1.54) is 7.11 Å². The zero-order valence-corrected chi connectivity index (χ0v) is 10.9. The van der Waals surface area contributed by atoms with Crippen molar-refractivity contribution in [1.29, 1.82) is 0 Å². The third kappa shape index (κ3) is 1.97. The molecule has 1 aliphatic rings. The maximum atomic E-state index is 12.5. The van der Waals surface area contributed by atoms with Crippen molar-refractivity contribution < 1.29 is 19.4 Å². The van der Waals surface area contributed by atoms with E-state index in [4.69, 9.17) is 9.47 Å². The number of hydrogen-bond acceptors (Lipinski definition) is 4. The van der Waals surface area contributed by atoms with E-state index in [0.29, 0.717) is 17.1 Å². The lowest BCUT2D eigenvalue weighted by molar-refractivity contribution is 0.0826. The van der Waals surface area contributed by atoms with Crippen LogP contribution in [0.4, 0.5) is 0 Å². The van der Waals surface area contributed by atoms with Gasteiger partial charge in [-0.05, 0) is 31.4 Å². The van der Waals surface area contributed by atoms with Crippen LogP contribution in [0.1, 0.15) is 28.8 Å². The second-order valence-corrected chi connectivity index (χ2v) is 4.79. The van der Waals surface area contributed by atoms with Gasteiger partial charge in [0.25, 0.3) is 0 Å². The molecule has 0 aliphatic heterocycles. The summed E-state index contributed by atoms with van der Waals surface area (Å²) >= 11 is 0. The highest BCUT2D eigenvalue weighted by Gasteiger charge is 2.50. The number of Topliss-reactive ketones (excluding diaryl/α,β-unsaturated/α-hetero) is 1. The molecule has 0 bridgehead atoms. The van der Waals surface area contributed by atoms with E-state index < -0.39 is 5.41 Å². The van der Waals surface area contributed by atoms with Gasteiger partial charge in [0.2, 0.25) is 0 Å². The zero-order chi connectivity index (χ0) is 13.3. The molecule has 1 aliphatic carbocycles. The molecule has 0 saturated heterocycles. The van der Waals surface area contributed by atoms with Crippen molar-refractivity contribution in [2.24, 2.45) is 5.41 Å². The molecule has 0 radical (unpaired) electrons. The standard InChI is InChI=1S/C14H18O4/c1-9-6-10(17-2)7-11(18-3)12(9)13(16)14(8-15)4-5-14/h6-7,15H,4-5,8H2,1-3H3. The van der Waals surface area contributed by atoms with Gasteiger partial charge in [0, 0.05) is 6.07 Å². The fourth-order valence-corrected chi connectivity index (χ4v) is 2.17. The number of ketones is 1. The Bertz CT molecular complexity index is 475. The van der Waals surface area contributed by atoms with Crippen LogP contribution in [0.5, 0.6) is 11.5 Å². The molecule has 18 heavy (non-hydrogen) atoms. The molecular weight excluding hydrogens is 232 g/mol. The fourth-order valence-electron chi connectivity index (χ4n) is 2.17. The van der Waals surface area contributed by atoms with Crippen LogP contribution >= 0.6 is 0 Å². The normalized spacial score (nSPS) is 16.2. The van der Waals surface area contributed by atoms with Gasteiger partial charge in [-0.2, -0.15) is 0 Å². The van der Waals surface area contributed by atoms with Gasteiger partial charge in [-0.15, -0.1) is 0 Å². The van der Waals surface area contributed by atoms with Crippen LogP contribution in [0.25, 0.3) is 0 Å². The highest BCUT2D eigenvalue weighted by atomic mass is 16.5. The number of benzene rings is 1. The number of aryl methyl sites for hydroxylation is 1. The molecule has 0 spiro atoms. The summed E-state index contributed by atoms with van der Waals surface area (Å²) in [5.41, 5.74) is 0.799. The van der Waals surface area contributed by atoms with E-state index in [-0.39, 0.29) is 12.4 Å². The third-order valence-corrected chi connectivity index (χ3v) is 3.59. The van der Waals surface area contributed by atoms with E-state index in [0.717, 1.165) is 18.4 Å². The molecule has 0 aromatic heterocycles. The minimum atomic E-state index is -0.577. The summed E-state index contributed by atoms with van der Waals surface area (Å²) in [5, 5.41) is 9.36. The fraction of sp³-hybridized carbons (Fsp3) is 0.500. The number of rotatable bonds is 5. The number of methoxy groups -OCH3 is 2. The van der Waals surface area contributed by atoms with Gasteiger partial charge in [0.1, 0.15) is 11.5 Å². The van der Waals surface area contributed by atoms with Crippen molar-refractivity contribution in [1.82, 2.24) is 0 Å². The topological polar surface area (TPSA) is 55.8 Å². The van der Waals surface area contributed by atoms with Crippen LogP contribution in [0.2, 0.25) is 0 Å². The van der Waals surface area contributed by atoms with Gasteiger partial charge in [0.05, 0.1) is 31.8 Å². The lowest BCUT2D eigenvalue weighted by Gasteiger charge is -2.17. The molecule has 1 saturated carbocycles. The Labute approximate surface area is 107 Å². The number of carbonyl (C=O) groups is 1. The van der Waals surface area contributed by atoms with Crippen molar-refractivity contribution in [2.45, 2.75) is 19.8 Å². The Morgan fingerprint density at radius 1 is 1.33 bits per heavy atom. The highest BCUT2D eigenvalue weighted by Crippen LogP contribution is 2.49. The van der Waals surface area contributed by atoms with Crippen molar-refractivity contribution in [3.8, 4) is 11.5 Å². The number of aliphatic hydroxyl groups excluding tert-OH is 1.